The highest BCUT2D eigenvalue weighted by Crippen LogP contribution is 2.03. The lowest BCUT2D eigenvalue weighted by Crippen LogP contribution is -2.21. The molecule has 0 fully saturated rings. The molecule has 5 N–H and O–H groups in total. The Morgan fingerprint density at radius 2 is 1.88 bits per heavy atom. The molecule has 0 aromatic heterocycles. The molecule has 0 heterocycles. The van der Waals surface area contributed by atoms with Crippen LogP contribution in [0.5, 0.6) is 0 Å². The molecule has 0 saturated carbocycles. The van der Waals surface area contributed by atoms with Gasteiger partial charge in [0.15, 0.2) is 0 Å². The average molecular weight is 236 g/mol. The highest BCUT2D eigenvalue weighted by molar-refractivity contribution is 5.82. The fourth-order valence-electron chi connectivity index (χ4n) is 0.889. The van der Waals surface area contributed by atoms with Gasteiger partial charge in [-0.2, -0.15) is 5.10 Å². The number of nitrogens with zero attached hydrogens (tertiary/aromatic N) is 2. The minimum Gasteiger partial charge on any atom is -0.481 e. The van der Waals surface area contributed by atoms with Crippen LogP contribution < -0.4 is 11.5 Å². The third-order valence-electron chi connectivity index (χ3n) is 1.56. The van der Waals surface area contributed by atoms with Gasteiger partial charge in [0.25, 0.3) is 5.97 Å². The monoisotopic (exact) mass is 236 g/mol. The van der Waals surface area contributed by atoms with Crippen LogP contribution in [0.15, 0.2) is 34.5 Å². The first-order valence-electron chi connectivity index (χ1n) is 4.80. The molecule has 0 amide bonds. The highest BCUT2D eigenvalue weighted by Gasteiger charge is 1.90. The quantitative estimate of drug-likeness (QED) is 0.398. The number of carboxylic acids is 1. The number of hydrogen-bond acceptors (Lipinski definition) is 3. The lowest BCUT2D eigenvalue weighted by atomic mass is 10.1. The van der Waals surface area contributed by atoms with E-state index in [1.165, 1.54) is 0 Å². The minimum absolute atomic E-state index is 0.0372. The van der Waals surface area contributed by atoms with Crippen LogP contribution in [-0.4, -0.2) is 23.2 Å². The van der Waals surface area contributed by atoms with Crippen LogP contribution in [0.25, 0.3) is 0 Å². The van der Waals surface area contributed by atoms with Crippen molar-refractivity contribution in [1.82, 2.24) is 0 Å². The molecule has 0 spiro atoms. The molecule has 0 saturated heterocycles. The summed E-state index contributed by atoms with van der Waals surface area (Å²) in [6.07, 6.45) is 1.62. The fourth-order valence-corrected chi connectivity index (χ4v) is 0.889. The van der Waals surface area contributed by atoms with Crippen LogP contribution in [-0.2, 0) is 4.79 Å². The number of hydrogen-bond donors (Lipinski definition) is 3. The number of benzene rings is 1. The molecule has 1 rings (SSSR count). The molecule has 6 nitrogen and oxygen atoms in total. The van der Waals surface area contributed by atoms with E-state index < -0.39 is 5.97 Å². The first-order valence-corrected chi connectivity index (χ1v) is 4.80. The summed E-state index contributed by atoms with van der Waals surface area (Å²) in [4.78, 5) is 9.00. The second kappa shape index (κ2) is 7.86. The van der Waals surface area contributed by atoms with Crippen LogP contribution >= 0.6 is 0 Å². The maximum Gasteiger partial charge on any atom is 0.300 e. The topological polar surface area (TPSA) is 114 Å². The van der Waals surface area contributed by atoms with E-state index in [1.807, 2.05) is 31.2 Å². The Balaban J connectivity index is 0.000000557. The molecule has 0 aliphatic rings. The lowest BCUT2D eigenvalue weighted by Gasteiger charge is -1.95. The fraction of sp³-hybridized carbons (Fsp3) is 0.182. The standard InChI is InChI=1S/C9H12N4.C2H4O2/c1-7-4-2-3-5-8(7)6-12-13-9(10)11;1-2(3)4/h2-6H,1H3,(H4,10,11,13);1H3,(H,3,4)/b12-6+;. The second-order valence-electron chi connectivity index (χ2n) is 3.15. The van der Waals surface area contributed by atoms with E-state index in [1.54, 1.807) is 6.21 Å². The number of guanidine groups is 1. The third kappa shape index (κ3) is 8.61. The van der Waals surface area contributed by atoms with E-state index in [-0.39, 0.29) is 5.96 Å². The summed E-state index contributed by atoms with van der Waals surface area (Å²) < 4.78 is 0. The van der Waals surface area contributed by atoms with Gasteiger partial charge in [0.2, 0.25) is 5.96 Å². The molecule has 0 aliphatic carbocycles. The Labute approximate surface area is 99.7 Å². The van der Waals surface area contributed by atoms with Crippen molar-refractivity contribution in [2.45, 2.75) is 13.8 Å². The van der Waals surface area contributed by atoms with Crippen molar-refractivity contribution in [1.29, 1.82) is 0 Å². The van der Waals surface area contributed by atoms with Gasteiger partial charge in [0, 0.05) is 6.92 Å². The van der Waals surface area contributed by atoms with Gasteiger partial charge in [-0.3, -0.25) is 4.79 Å². The van der Waals surface area contributed by atoms with E-state index in [0.29, 0.717) is 0 Å². The van der Waals surface area contributed by atoms with Crippen molar-refractivity contribution >= 4 is 18.1 Å². The molecular weight excluding hydrogens is 220 g/mol. The molecule has 92 valence electrons. The molecule has 1 aromatic rings. The molecule has 6 heteroatoms. The van der Waals surface area contributed by atoms with Crippen molar-refractivity contribution in [3.8, 4) is 0 Å². The zero-order chi connectivity index (χ0) is 13.3. The Kier molecular flexibility index (Phi) is 6.77. The third-order valence-corrected chi connectivity index (χ3v) is 1.56. The van der Waals surface area contributed by atoms with Gasteiger partial charge in [-0.15, -0.1) is 5.10 Å². The van der Waals surface area contributed by atoms with Crippen molar-refractivity contribution in [3.63, 3.8) is 0 Å². The Morgan fingerprint density at radius 3 is 2.35 bits per heavy atom. The molecule has 0 aliphatic heterocycles. The largest absolute Gasteiger partial charge is 0.481 e. The van der Waals surface area contributed by atoms with E-state index in [4.69, 9.17) is 21.4 Å². The predicted molar refractivity (Wildman–Crippen MR) is 67.9 cm³/mol. The van der Waals surface area contributed by atoms with Gasteiger partial charge < -0.3 is 16.6 Å². The smallest absolute Gasteiger partial charge is 0.300 e. The molecule has 1 aromatic carbocycles. The molecule has 17 heavy (non-hydrogen) atoms. The SMILES string of the molecule is CC(=O)O.Cc1ccccc1/C=N/N=C(N)N. The molecule has 0 atom stereocenters. The summed E-state index contributed by atoms with van der Waals surface area (Å²) in [7, 11) is 0. The zero-order valence-corrected chi connectivity index (χ0v) is 9.79. The van der Waals surface area contributed by atoms with Gasteiger partial charge in [-0.25, -0.2) is 0 Å². The summed E-state index contributed by atoms with van der Waals surface area (Å²) in [5, 5.41) is 14.6. The summed E-state index contributed by atoms with van der Waals surface area (Å²) in [5.74, 6) is -0.871. The Morgan fingerprint density at radius 1 is 1.35 bits per heavy atom. The lowest BCUT2D eigenvalue weighted by molar-refractivity contribution is -0.134. The van der Waals surface area contributed by atoms with Crippen molar-refractivity contribution < 1.29 is 9.90 Å². The Bertz CT molecular complexity index is 419. The van der Waals surface area contributed by atoms with Crippen molar-refractivity contribution in [2.75, 3.05) is 0 Å². The van der Waals surface area contributed by atoms with E-state index in [9.17, 15) is 0 Å². The first kappa shape index (κ1) is 14.6. The van der Waals surface area contributed by atoms with Gasteiger partial charge in [-0.05, 0) is 18.1 Å². The summed E-state index contributed by atoms with van der Waals surface area (Å²) >= 11 is 0. The van der Waals surface area contributed by atoms with E-state index in [2.05, 4.69) is 10.2 Å². The van der Waals surface area contributed by atoms with Crippen LogP contribution in [0, 0.1) is 6.92 Å². The maximum absolute atomic E-state index is 9.00. The predicted octanol–water partition coefficient (Wildman–Crippen LogP) is 0.693. The van der Waals surface area contributed by atoms with Gasteiger partial charge in [0.05, 0.1) is 6.21 Å². The van der Waals surface area contributed by atoms with E-state index >= 15 is 0 Å². The average Bonchev–Trinajstić information content (AvgIpc) is 2.19. The zero-order valence-electron chi connectivity index (χ0n) is 9.79. The number of carbonyl (C=O) groups is 1. The molecule has 0 unspecified atom stereocenters. The summed E-state index contributed by atoms with van der Waals surface area (Å²) in [6.45, 7) is 3.08. The van der Waals surface area contributed by atoms with Gasteiger partial charge >= 0.3 is 0 Å². The van der Waals surface area contributed by atoms with Gasteiger partial charge in [0.1, 0.15) is 0 Å². The van der Waals surface area contributed by atoms with Crippen molar-refractivity contribution in [2.24, 2.45) is 21.7 Å². The number of nitrogens with two attached hydrogens (primary N) is 2. The van der Waals surface area contributed by atoms with Crippen LogP contribution in [0.4, 0.5) is 0 Å². The summed E-state index contributed by atoms with van der Waals surface area (Å²) in [5.41, 5.74) is 12.4. The number of aliphatic carboxylic acids is 1. The molecule has 0 radical (unpaired) electrons. The highest BCUT2D eigenvalue weighted by atomic mass is 16.4. The molecule has 0 bridgehead atoms. The van der Waals surface area contributed by atoms with Crippen LogP contribution in [0.1, 0.15) is 18.1 Å². The van der Waals surface area contributed by atoms with Crippen LogP contribution in [0.3, 0.4) is 0 Å². The first-order chi connectivity index (χ1) is 7.93. The summed E-state index contributed by atoms with van der Waals surface area (Å²) in [6, 6.07) is 7.84. The number of carboxylic acid groups (broad SMARTS) is 1. The van der Waals surface area contributed by atoms with Crippen LogP contribution in [0.2, 0.25) is 0 Å². The Hall–Kier alpha value is -2.37. The number of aryl methyl sites for hydroxylation is 1. The van der Waals surface area contributed by atoms with E-state index in [0.717, 1.165) is 18.1 Å². The maximum atomic E-state index is 9.00. The normalized spacial score (nSPS) is 9.29. The van der Waals surface area contributed by atoms with Crippen molar-refractivity contribution in [3.05, 3.63) is 35.4 Å². The minimum atomic E-state index is -0.833. The molecular formula is C11H16N4O2. The second-order valence-corrected chi connectivity index (χ2v) is 3.15. The van der Waals surface area contributed by atoms with Gasteiger partial charge in [-0.1, -0.05) is 24.3 Å². The number of rotatable bonds is 2.